The molecule has 0 bridgehead atoms. The summed E-state index contributed by atoms with van der Waals surface area (Å²) in [6.45, 7) is 1.74. The van der Waals surface area contributed by atoms with Crippen LogP contribution in [0.1, 0.15) is 11.1 Å². The van der Waals surface area contributed by atoms with Crippen molar-refractivity contribution in [2.24, 2.45) is 0 Å². The summed E-state index contributed by atoms with van der Waals surface area (Å²) in [4.78, 5) is 0. The zero-order valence-electron chi connectivity index (χ0n) is 10.0. The summed E-state index contributed by atoms with van der Waals surface area (Å²) in [7, 11) is 0. The molecule has 0 unspecified atom stereocenters. The van der Waals surface area contributed by atoms with Crippen LogP contribution in [0.5, 0.6) is 11.5 Å². The molecule has 2 aromatic carbocycles. The highest BCUT2D eigenvalue weighted by Gasteiger charge is 2.14. The van der Waals surface area contributed by atoms with E-state index in [4.69, 9.17) is 27.9 Å². The van der Waals surface area contributed by atoms with Gasteiger partial charge in [0, 0.05) is 10.9 Å². The van der Waals surface area contributed by atoms with E-state index < -0.39 is 17.4 Å². The molecule has 0 amide bonds. The zero-order valence-corrected chi connectivity index (χ0v) is 11.5. The van der Waals surface area contributed by atoms with Crippen molar-refractivity contribution < 1.29 is 13.5 Å². The Morgan fingerprint density at radius 2 is 1.74 bits per heavy atom. The van der Waals surface area contributed by atoms with Crippen molar-refractivity contribution >= 4 is 23.2 Å². The fourth-order valence-corrected chi connectivity index (χ4v) is 2.01. The molecular weight excluding hydrogens is 293 g/mol. The number of hydrogen-bond donors (Lipinski definition) is 0. The highest BCUT2D eigenvalue weighted by Crippen LogP contribution is 2.31. The summed E-state index contributed by atoms with van der Waals surface area (Å²) in [5.74, 6) is -1.64. The van der Waals surface area contributed by atoms with Gasteiger partial charge in [-0.05, 0) is 48.4 Å². The molecule has 5 heteroatoms. The molecule has 0 fully saturated rings. The van der Waals surface area contributed by atoms with Gasteiger partial charge in [0.1, 0.15) is 5.75 Å². The third kappa shape index (κ3) is 3.17. The van der Waals surface area contributed by atoms with Crippen LogP contribution in [0.2, 0.25) is 5.02 Å². The van der Waals surface area contributed by atoms with Gasteiger partial charge in [-0.2, -0.15) is 0 Å². The first kappa shape index (κ1) is 14.1. The number of benzene rings is 2. The summed E-state index contributed by atoms with van der Waals surface area (Å²) in [6, 6.07) is 7.10. The molecule has 0 saturated heterocycles. The highest BCUT2D eigenvalue weighted by molar-refractivity contribution is 6.30. The summed E-state index contributed by atoms with van der Waals surface area (Å²) in [5.41, 5.74) is 1.05. The Morgan fingerprint density at radius 1 is 1.11 bits per heavy atom. The number of alkyl halides is 1. The second kappa shape index (κ2) is 5.76. The molecule has 0 aliphatic carbocycles. The maximum atomic E-state index is 13.7. The summed E-state index contributed by atoms with van der Waals surface area (Å²) in [6.07, 6.45) is 0. The number of aryl methyl sites for hydroxylation is 1. The Hall–Kier alpha value is -1.32. The molecule has 0 aliphatic rings. The minimum Gasteiger partial charge on any atom is -0.451 e. The molecule has 19 heavy (non-hydrogen) atoms. The summed E-state index contributed by atoms with van der Waals surface area (Å²) in [5, 5.41) is 0.531. The smallest absolute Gasteiger partial charge is 0.198 e. The normalized spacial score (nSPS) is 10.6. The van der Waals surface area contributed by atoms with Crippen LogP contribution in [0.3, 0.4) is 0 Å². The molecule has 0 saturated carbocycles. The number of hydrogen-bond acceptors (Lipinski definition) is 1. The maximum absolute atomic E-state index is 13.7. The van der Waals surface area contributed by atoms with E-state index in [1.165, 1.54) is 0 Å². The van der Waals surface area contributed by atoms with E-state index in [-0.39, 0.29) is 5.88 Å². The third-order valence-corrected chi connectivity index (χ3v) is 3.11. The van der Waals surface area contributed by atoms with Gasteiger partial charge in [0.25, 0.3) is 0 Å². The van der Waals surface area contributed by atoms with Gasteiger partial charge in [-0.1, -0.05) is 11.6 Å². The Bertz CT molecular complexity index is 591. The Labute approximate surface area is 119 Å². The van der Waals surface area contributed by atoms with Crippen LogP contribution in [-0.2, 0) is 5.88 Å². The Kier molecular flexibility index (Phi) is 4.27. The van der Waals surface area contributed by atoms with E-state index in [1.54, 1.807) is 25.1 Å². The number of rotatable bonds is 3. The first-order valence-corrected chi connectivity index (χ1v) is 6.40. The average molecular weight is 303 g/mol. The Balaban J connectivity index is 2.38. The molecule has 0 spiro atoms. The van der Waals surface area contributed by atoms with E-state index in [0.29, 0.717) is 21.9 Å². The molecule has 0 atom stereocenters. The van der Waals surface area contributed by atoms with Gasteiger partial charge in [-0.3, -0.25) is 0 Å². The molecule has 2 rings (SSSR count). The van der Waals surface area contributed by atoms with E-state index in [2.05, 4.69) is 0 Å². The lowest BCUT2D eigenvalue weighted by atomic mass is 10.2. The van der Waals surface area contributed by atoms with Crippen molar-refractivity contribution in [1.82, 2.24) is 0 Å². The Morgan fingerprint density at radius 3 is 2.26 bits per heavy atom. The summed E-state index contributed by atoms with van der Waals surface area (Å²) >= 11 is 11.3. The highest BCUT2D eigenvalue weighted by atomic mass is 35.5. The van der Waals surface area contributed by atoms with Crippen molar-refractivity contribution in [2.45, 2.75) is 12.8 Å². The van der Waals surface area contributed by atoms with Crippen molar-refractivity contribution in [3.63, 3.8) is 0 Å². The van der Waals surface area contributed by atoms with Crippen LogP contribution in [-0.4, -0.2) is 0 Å². The first-order chi connectivity index (χ1) is 9.01. The lowest BCUT2D eigenvalue weighted by Gasteiger charge is -2.11. The van der Waals surface area contributed by atoms with Crippen molar-refractivity contribution in [3.8, 4) is 11.5 Å². The number of halogens is 4. The maximum Gasteiger partial charge on any atom is 0.198 e. The second-order valence-corrected chi connectivity index (χ2v) is 4.74. The van der Waals surface area contributed by atoms with Crippen LogP contribution in [0.4, 0.5) is 8.78 Å². The molecule has 2 aromatic rings. The lowest BCUT2D eigenvalue weighted by Crippen LogP contribution is -1.96. The van der Waals surface area contributed by atoms with Gasteiger partial charge in [0.15, 0.2) is 17.4 Å². The molecule has 1 nitrogen and oxygen atoms in total. The fraction of sp³-hybridized carbons (Fsp3) is 0.143. The standard InChI is InChI=1S/C14H10Cl2F2O/c1-8-4-10(16)2-3-13(8)19-14-11(17)5-9(7-15)6-12(14)18/h2-6H,7H2,1H3. The molecule has 100 valence electrons. The molecular formula is C14H10Cl2F2O. The van der Waals surface area contributed by atoms with Gasteiger partial charge < -0.3 is 4.74 Å². The van der Waals surface area contributed by atoms with E-state index >= 15 is 0 Å². The second-order valence-electron chi connectivity index (χ2n) is 4.03. The quantitative estimate of drug-likeness (QED) is 0.684. The van der Waals surface area contributed by atoms with Crippen LogP contribution in [0.15, 0.2) is 30.3 Å². The van der Waals surface area contributed by atoms with Crippen LogP contribution in [0.25, 0.3) is 0 Å². The van der Waals surface area contributed by atoms with E-state index in [9.17, 15) is 8.78 Å². The van der Waals surface area contributed by atoms with Crippen molar-refractivity contribution in [1.29, 1.82) is 0 Å². The molecule has 0 aliphatic heterocycles. The molecule has 0 N–H and O–H groups in total. The monoisotopic (exact) mass is 302 g/mol. The van der Waals surface area contributed by atoms with Crippen LogP contribution in [0, 0.1) is 18.6 Å². The zero-order chi connectivity index (χ0) is 14.0. The van der Waals surface area contributed by atoms with Gasteiger partial charge in [-0.15, -0.1) is 11.6 Å². The van der Waals surface area contributed by atoms with Gasteiger partial charge in [-0.25, -0.2) is 8.78 Å². The lowest BCUT2D eigenvalue weighted by molar-refractivity contribution is 0.405. The first-order valence-electron chi connectivity index (χ1n) is 5.49. The molecule has 0 aromatic heterocycles. The fourth-order valence-electron chi connectivity index (χ4n) is 1.62. The minimum atomic E-state index is -0.787. The summed E-state index contributed by atoms with van der Waals surface area (Å²) < 4.78 is 32.8. The van der Waals surface area contributed by atoms with Gasteiger partial charge in [0.2, 0.25) is 0 Å². The number of ether oxygens (including phenoxy) is 1. The topological polar surface area (TPSA) is 9.23 Å². The predicted molar refractivity (Wildman–Crippen MR) is 72.2 cm³/mol. The van der Waals surface area contributed by atoms with Crippen molar-refractivity contribution in [3.05, 3.63) is 58.1 Å². The van der Waals surface area contributed by atoms with Crippen LogP contribution < -0.4 is 4.74 Å². The minimum absolute atomic E-state index is 0.0358. The third-order valence-electron chi connectivity index (χ3n) is 2.56. The molecule has 0 heterocycles. The largest absolute Gasteiger partial charge is 0.451 e. The van der Waals surface area contributed by atoms with E-state index in [1.807, 2.05) is 0 Å². The van der Waals surface area contributed by atoms with Gasteiger partial charge >= 0.3 is 0 Å². The van der Waals surface area contributed by atoms with Crippen molar-refractivity contribution in [2.75, 3.05) is 0 Å². The SMILES string of the molecule is Cc1cc(Cl)ccc1Oc1c(F)cc(CCl)cc1F. The van der Waals surface area contributed by atoms with E-state index in [0.717, 1.165) is 12.1 Å². The molecule has 0 radical (unpaired) electrons. The average Bonchev–Trinajstić information content (AvgIpc) is 2.35. The predicted octanol–water partition coefficient (Wildman–Crippen LogP) is 5.46. The van der Waals surface area contributed by atoms with Crippen LogP contribution >= 0.6 is 23.2 Å². The van der Waals surface area contributed by atoms with Gasteiger partial charge in [0.05, 0.1) is 0 Å².